The lowest BCUT2D eigenvalue weighted by atomic mass is 10.3. The minimum Gasteiger partial charge on any atom is -0.481 e. The summed E-state index contributed by atoms with van der Waals surface area (Å²) in [6.07, 6.45) is -0.491. The van der Waals surface area contributed by atoms with Gasteiger partial charge in [0.15, 0.2) is 0 Å². The highest BCUT2D eigenvalue weighted by molar-refractivity contribution is 5.66. The van der Waals surface area contributed by atoms with Crippen molar-refractivity contribution in [1.29, 1.82) is 0 Å². The number of aliphatic carboxylic acids is 1. The number of aliphatic hydroxyl groups is 1. The fourth-order valence-electron chi connectivity index (χ4n) is 0.777. The van der Waals surface area contributed by atoms with Gasteiger partial charge in [-0.1, -0.05) is 0 Å². The van der Waals surface area contributed by atoms with Crippen LogP contribution in [0.3, 0.4) is 0 Å². The van der Waals surface area contributed by atoms with Crippen LogP contribution < -0.4 is 5.32 Å². The summed E-state index contributed by atoms with van der Waals surface area (Å²) in [4.78, 5) is 10.1. The predicted octanol–water partition coefficient (Wildman–Crippen LogP) is -0.552. The van der Waals surface area contributed by atoms with Crippen molar-refractivity contribution in [2.75, 3.05) is 26.3 Å². The van der Waals surface area contributed by atoms with E-state index in [1.165, 1.54) is 0 Å². The molecular weight excluding hydrogens is 174 g/mol. The van der Waals surface area contributed by atoms with Crippen molar-refractivity contribution in [1.82, 2.24) is 5.32 Å². The third-order valence-corrected chi connectivity index (χ3v) is 1.41. The Labute approximate surface area is 77.7 Å². The van der Waals surface area contributed by atoms with Crippen molar-refractivity contribution >= 4 is 5.97 Å². The highest BCUT2D eigenvalue weighted by Crippen LogP contribution is 1.84. The highest BCUT2D eigenvalue weighted by Gasteiger charge is 2.03. The number of carboxylic acid groups (broad SMARTS) is 1. The second-order valence-electron chi connectivity index (χ2n) is 2.66. The van der Waals surface area contributed by atoms with Crippen LogP contribution in [0.25, 0.3) is 0 Å². The van der Waals surface area contributed by atoms with Crippen LogP contribution in [0.15, 0.2) is 0 Å². The number of carbonyl (C=O) groups is 1. The first kappa shape index (κ1) is 12.3. The van der Waals surface area contributed by atoms with Crippen molar-refractivity contribution in [3.8, 4) is 0 Å². The summed E-state index contributed by atoms with van der Waals surface area (Å²) in [5, 5.41) is 20.3. The van der Waals surface area contributed by atoms with Gasteiger partial charge in [0.25, 0.3) is 0 Å². The molecule has 0 rings (SSSR count). The zero-order valence-electron chi connectivity index (χ0n) is 7.82. The molecule has 0 aliphatic rings. The van der Waals surface area contributed by atoms with E-state index < -0.39 is 12.1 Å². The molecule has 13 heavy (non-hydrogen) atoms. The maximum Gasteiger partial charge on any atom is 0.304 e. The summed E-state index contributed by atoms with van der Waals surface area (Å²) >= 11 is 0. The second-order valence-corrected chi connectivity index (χ2v) is 2.66. The smallest absolute Gasteiger partial charge is 0.304 e. The van der Waals surface area contributed by atoms with E-state index in [0.29, 0.717) is 19.7 Å². The molecule has 1 atom stereocenters. The van der Waals surface area contributed by atoms with Gasteiger partial charge >= 0.3 is 5.97 Å². The van der Waals surface area contributed by atoms with Crippen molar-refractivity contribution in [2.45, 2.75) is 19.4 Å². The average molecular weight is 191 g/mol. The Bertz CT molecular complexity index is 140. The molecule has 0 amide bonds. The van der Waals surface area contributed by atoms with Crippen LogP contribution in [-0.4, -0.2) is 48.6 Å². The van der Waals surface area contributed by atoms with Crippen molar-refractivity contribution in [3.05, 3.63) is 0 Å². The summed E-state index contributed by atoms with van der Waals surface area (Å²) in [5.41, 5.74) is 0. The van der Waals surface area contributed by atoms with Crippen LogP contribution in [0.5, 0.6) is 0 Å². The van der Waals surface area contributed by atoms with Gasteiger partial charge in [-0.25, -0.2) is 0 Å². The number of rotatable bonds is 8. The normalized spacial score (nSPS) is 12.8. The van der Waals surface area contributed by atoms with E-state index >= 15 is 0 Å². The van der Waals surface area contributed by atoms with E-state index in [0.717, 1.165) is 0 Å². The molecule has 0 heterocycles. The van der Waals surface area contributed by atoms with Gasteiger partial charge in [-0.05, 0) is 6.92 Å². The summed E-state index contributed by atoms with van der Waals surface area (Å²) in [6.45, 7) is 3.46. The number of nitrogens with one attached hydrogen (secondary N) is 1. The number of hydrogen-bond donors (Lipinski definition) is 3. The van der Waals surface area contributed by atoms with Gasteiger partial charge < -0.3 is 20.3 Å². The average Bonchev–Trinajstić information content (AvgIpc) is 2.08. The molecule has 0 saturated heterocycles. The molecule has 0 bridgehead atoms. The monoisotopic (exact) mass is 191 g/mol. The molecule has 0 spiro atoms. The SMILES string of the molecule is CCOCC(O)CNCCC(=O)O. The van der Waals surface area contributed by atoms with Crippen LogP contribution in [-0.2, 0) is 9.53 Å². The molecule has 0 aliphatic carbocycles. The van der Waals surface area contributed by atoms with Gasteiger partial charge in [0.1, 0.15) is 0 Å². The summed E-state index contributed by atoms with van der Waals surface area (Å²) < 4.78 is 4.97. The molecule has 0 radical (unpaired) electrons. The van der Waals surface area contributed by atoms with Crippen molar-refractivity contribution < 1.29 is 19.7 Å². The molecule has 0 saturated carbocycles. The minimum atomic E-state index is -0.841. The topological polar surface area (TPSA) is 78.8 Å². The third kappa shape index (κ3) is 9.26. The number of ether oxygens (including phenoxy) is 1. The third-order valence-electron chi connectivity index (χ3n) is 1.41. The molecule has 5 heteroatoms. The molecule has 0 aromatic carbocycles. The van der Waals surface area contributed by atoms with E-state index in [-0.39, 0.29) is 13.0 Å². The van der Waals surface area contributed by atoms with Crippen LogP contribution in [0.1, 0.15) is 13.3 Å². The molecular formula is C8H17NO4. The Morgan fingerprint density at radius 3 is 2.85 bits per heavy atom. The second kappa shape index (κ2) is 7.97. The lowest BCUT2D eigenvalue weighted by molar-refractivity contribution is -0.136. The number of carboxylic acids is 1. The van der Waals surface area contributed by atoms with E-state index in [9.17, 15) is 9.90 Å². The Hall–Kier alpha value is -0.650. The van der Waals surface area contributed by atoms with Gasteiger partial charge in [-0.3, -0.25) is 4.79 Å². The van der Waals surface area contributed by atoms with Crippen LogP contribution in [0.4, 0.5) is 0 Å². The lowest BCUT2D eigenvalue weighted by Crippen LogP contribution is -2.31. The van der Waals surface area contributed by atoms with Crippen molar-refractivity contribution in [2.24, 2.45) is 0 Å². The molecule has 1 unspecified atom stereocenters. The van der Waals surface area contributed by atoms with E-state index in [4.69, 9.17) is 9.84 Å². The Kier molecular flexibility index (Phi) is 7.57. The van der Waals surface area contributed by atoms with Crippen LogP contribution in [0, 0.1) is 0 Å². The first-order chi connectivity index (χ1) is 6.16. The molecule has 0 fully saturated rings. The van der Waals surface area contributed by atoms with Gasteiger partial charge in [-0.15, -0.1) is 0 Å². The lowest BCUT2D eigenvalue weighted by Gasteiger charge is -2.10. The molecule has 3 N–H and O–H groups in total. The Balaban J connectivity index is 3.16. The van der Waals surface area contributed by atoms with Crippen LogP contribution >= 0.6 is 0 Å². The zero-order valence-corrected chi connectivity index (χ0v) is 7.82. The summed E-state index contributed by atoms with van der Waals surface area (Å²) in [6, 6.07) is 0. The maximum absolute atomic E-state index is 10.1. The van der Waals surface area contributed by atoms with Crippen molar-refractivity contribution in [3.63, 3.8) is 0 Å². The van der Waals surface area contributed by atoms with E-state index in [1.807, 2.05) is 6.92 Å². The van der Waals surface area contributed by atoms with Gasteiger partial charge in [-0.2, -0.15) is 0 Å². The molecule has 0 aromatic rings. The predicted molar refractivity (Wildman–Crippen MR) is 47.6 cm³/mol. The highest BCUT2D eigenvalue weighted by atomic mass is 16.5. The Morgan fingerprint density at radius 1 is 1.62 bits per heavy atom. The van der Waals surface area contributed by atoms with E-state index in [1.54, 1.807) is 0 Å². The zero-order chi connectivity index (χ0) is 10.1. The van der Waals surface area contributed by atoms with Crippen LogP contribution in [0.2, 0.25) is 0 Å². The number of hydrogen-bond acceptors (Lipinski definition) is 4. The standard InChI is InChI=1S/C8H17NO4/c1-2-13-6-7(10)5-9-4-3-8(11)12/h7,9-10H,2-6H2,1H3,(H,11,12). The molecule has 5 nitrogen and oxygen atoms in total. The molecule has 0 aromatic heterocycles. The maximum atomic E-state index is 10.1. The first-order valence-electron chi connectivity index (χ1n) is 4.35. The Morgan fingerprint density at radius 2 is 2.31 bits per heavy atom. The largest absolute Gasteiger partial charge is 0.481 e. The van der Waals surface area contributed by atoms with Gasteiger partial charge in [0.05, 0.1) is 19.1 Å². The quantitative estimate of drug-likeness (QED) is 0.448. The molecule has 0 aliphatic heterocycles. The summed E-state index contributed by atoms with van der Waals surface area (Å²) in [7, 11) is 0. The van der Waals surface area contributed by atoms with Gasteiger partial charge in [0, 0.05) is 19.7 Å². The number of aliphatic hydroxyl groups excluding tert-OH is 1. The minimum absolute atomic E-state index is 0.0708. The fraction of sp³-hybridized carbons (Fsp3) is 0.875. The first-order valence-corrected chi connectivity index (χ1v) is 4.35. The fourth-order valence-corrected chi connectivity index (χ4v) is 0.777. The van der Waals surface area contributed by atoms with E-state index in [2.05, 4.69) is 5.32 Å². The van der Waals surface area contributed by atoms with Gasteiger partial charge in [0.2, 0.25) is 0 Å². The summed E-state index contributed by atoms with van der Waals surface area (Å²) in [5.74, 6) is -0.841. The molecule has 78 valence electrons.